The van der Waals surface area contributed by atoms with Gasteiger partial charge in [-0.15, -0.1) is 0 Å². The lowest BCUT2D eigenvalue weighted by Crippen LogP contribution is -2.21. The quantitative estimate of drug-likeness (QED) is 0.920. The zero-order chi connectivity index (χ0) is 15.4. The van der Waals surface area contributed by atoms with E-state index in [9.17, 15) is 4.79 Å². The van der Waals surface area contributed by atoms with Crippen molar-refractivity contribution in [2.24, 2.45) is 0 Å². The lowest BCUT2D eigenvalue weighted by molar-refractivity contribution is 0.102. The van der Waals surface area contributed by atoms with Crippen molar-refractivity contribution in [3.8, 4) is 0 Å². The molecule has 2 aromatic rings. The van der Waals surface area contributed by atoms with Crippen LogP contribution in [-0.4, -0.2) is 19.0 Å². The molecular formula is C19H22N2O. The van der Waals surface area contributed by atoms with Gasteiger partial charge in [0.2, 0.25) is 0 Å². The van der Waals surface area contributed by atoms with Crippen LogP contribution in [-0.2, 0) is 6.42 Å². The molecule has 0 spiro atoms. The summed E-state index contributed by atoms with van der Waals surface area (Å²) in [6.45, 7) is 4.25. The van der Waals surface area contributed by atoms with E-state index >= 15 is 0 Å². The molecule has 114 valence electrons. The smallest absolute Gasteiger partial charge is 0.255 e. The van der Waals surface area contributed by atoms with Crippen molar-refractivity contribution in [2.75, 3.05) is 23.3 Å². The van der Waals surface area contributed by atoms with Gasteiger partial charge in [-0.25, -0.2) is 0 Å². The molecule has 3 heteroatoms. The zero-order valence-electron chi connectivity index (χ0n) is 13.0. The highest BCUT2D eigenvalue weighted by molar-refractivity contribution is 6.06. The van der Waals surface area contributed by atoms with Gasteiger partial charge in [0.15, 0.2) is 0 Å². The van der Waals surface area contributed by atoms with Crippen LogP contribution in [0.4, 0.5) is 11.4 Å². The molecule has 0 unspecified atom stereocenters. The van der Waals surface area contributed by atoms with Gasteiger partial charge in [-0.2, -0.15) is 0 Å². The molecule has 1 fully saturated rings. The van der Waals surface area contributed by atoms with E-state index in [1.54, 1.807) is 0 Å². The van der Waals surface area contributed by atoms with Gasteiger partial charge in [0.05, 0.1) is 11.4 Å². The molecule has 0 aromatic heterocycles. The third-order valence-corrected chi connectivity index (χ3v) is 4.22. The molecule has 3 rings (SSSR count). The number of benzene rings is 2. The maximum absolute atomic E-state index is 12.5. The van der Waals surface area contributed by atoms with Crippen LogP contribution in [0.1, 0.15) is 35.7 Å². The fourth-order valence-electron chi connectivity index (χ4n) is 2.90. The van der Waals surface area contributed by atoms with E-state index in [1.165, 1.54) is 18.4 Å². The molecule has 0 saturated carbocycles. The van der Waals surface area contributed by atoms with Gasteiger partial charge in [0.25, 0.3) is 5.91 Å². The van der Waals surface area contributed by atoms with Gasteiger partial charge in [0.1, 0.15) is 0 Å². The van der Waals surface area contributed by atoms with E-state index in [1.807, 2.05) is 42.5 Å². The first-order valence-corrected chi connectivity index (χ1v) is 8.02. The number of hydrogen-bond donors (Lipinski definition) is 1. The monoisotopic (exact) mass is 294 g/mol. The fraction of sp³-hybridized carbons (Fsp3) is 0.316. The minimum absolute atomic E-state index is 0.0469. The minimum Gasteiger partial charge on any atom is -0.370 e. The van der Waals surface area contributed by atoms with Crippen molar-refractivity contribution < 1.29 is 4.79 Å². The number of carbonyl (C=O) groups is 1. The number of anilines is 2. The first-order chi connectivity index (χ1) is 10.8. The number of carbonyl (C=O) groups excluding carboxylic acids is 1. The Balaban J connectivity index is 1.78. The summed E-state index contributed by atoms with van der Waals surface area (Å²) in [5, 5.41) is 3.06. The summed E-state index contributed by atoms with van der Waals surface area (Å²) in [7, 11) is 0. The summed E-state index contributed by atoms with van der Waals surface area (Å²) in [5.41, 5.74) is 3.97. The van der Waals surface area contributed by atoms with Crippen LogP contribution in [0.2, 0.25) is 0 Å². The Morgan fingerprint density at radius 3 is 2.41 bits per heavy atom. The van der Waals surface area contributed by atoms with Crippen LogP contribution in [0, 0.1) is 0 Å². The Labute approximate surface area is 132 Å². The Kier molecular flexibility index (Phi) is 4.42. The predicted molar refractivity (Wildman–Crippen MR) is 91.7 cm³/mol. The van der Waals surface area contributed by atoms with Gasteiger partial charge >= 0.3 is 0 Å². The largest absolute Gasteiger partial charge is 0.370 e. The van der Waals surface area contributed by atoms with Gasteiger partial charge in [-0.1, -0.05) is 31.2 Å². The molecule has 1 aliphatic rings. The number of para-hydroxylation sites is 2. The van der Waals surface area contributed by atoms with Gasteiger partial charge in [-0.3, -0.25) is 4.79 Å². The van der Waals surface area contributed by atoms with E-state index < -0.39 is 0 Å². The van der Waals surface area contributed by atoms with Crippen LogP contribution in [0.3, 0.4) is 0 Å². The number of nitrogens with zero attached hydrogens (tertiary/aromatic N) is 1. The molecule has 1 amide bonds. The number of aryl methyl sites for hydroxylation is 1. The van der Waals surface area contributed by atoms with E-state index in [4.69, 9.17) is 0 Å². The van der Waals surface area contributed by atoms with Crippen molar-refractivity contribution in [1.29, 1.82) is 0 Å². The third-order valence-electron chi connectivity index (χ3n) is 4.22. The average molecular weight is 294 g/mol. The predicted octanol–water partition coefficient (Wildman–Crippen LogP) is 4.10. The Bertz CT molecular complexity index is 643. The number of rotatable bonds is 4. The van der Waals surface area contributed by atoms with Gasteiger partial charge < -0.3 is 10.2 Å². The lowest BCUT2D eigenvalue weighted by Gasteiger charge is -2.21. The Morgan fingerprint density at radius 1 is 1.05 bits per heavy atom. The van der Waals surface area contributed by atoms with Crippen molar-refractivity contribution in [1.82, 2.24) is 0 Å². The normalized spacial score (nSPS) is 14.1. The van der Waals surface area contributed by atoms with Crippen LogP contribution >= 0.6 is 0 Å². The Morgan fingerprint density at radius 2 is 1.73 bits per heavy atom. The average Bonchev–Trinajstić information content (AvgIpc) is 3.10. The molecule has 1 heterocycles. The number of nitrogens with one attached hydrogen (secondary N) is 1. The molecule has 0 atom stereocenters. The summed E-state index contributed by atoms with van der Waals surface area (Å²) in [4.78, 5) is 14.8. The van der Waals surface area contributed by atoms with E-state index in [0.717, 1.165) is 30.9 Å². The van der Waals surface area contributed by atoms with Crippen molar-refractivity contribution >= 4 is 17.3 Å². The number of amides is 1. The standard InChI is InChI=1S/C19H22N2O/c1-2-15-9-11-16(12-10-15)19(22)20-17-7-3-4-8-18(17)21-13-5-6-14-21/h3-4,7-12H,2,5-6,13-14H2,1H3,(H,20,22). The van der Waals surface area contributed by atoms with E-state index in [0.29, 0.717) is 5.56 Å². The first-order valence-electron chi connectivity index (χ1n) is 8.02. The molecule has 0 aliphatic carbocycles. The molecule has 0 bridgehead atoms. The second-order valence-corrected chi connectivity index (χ2v) is 5.72. The van der Waals surface area contributed by atoms with Crippen LogP contribution < -0.4 is 10.2 Å². The molecule has 22 heavy (non-hydrogen) atoms. The van der Waals surface area contributed by atoms with Crippen molar-refractivity contribution in [2.45, 2.75) is 26.2 Å². The number of hydrogen-bond acceptors (Lipinski definition) is 2. The molecule has 3 nitrogen and oxygen atoms in total. The topological polar surface area (TPSA) is 32.3 Å². The highest BCUT2D eigenvalue weighted by atomic mass is 16.1. The summed E-state index contributed by atoms with van der Waals surface area (Å²) >= 11 is 0. The second-order valence-electron chi connectivity index (χ2n) is 5.72. The molecule has 1 N–H and O–H groups in total. The van der Waals surface area contributed by atoms with Crippen molar-refractivity contribution in [3.05, 3.63) is 59.7 Å². The van der Waals surface area contributed by atoms with Crippen LogP contribution in [0.5, 0.6) is 0 Å². The van der Waals surface area contributed by atoms with Crippen LogP contribution in [0.15, 0.2) is 48.5 Å². The minimum atomic E-state index is -0.0469. The third kappa shape index (κ3) is 3.14. The fourth-order valence-corrected chi connectivity index (χ4v) is 2.90. The van der Waals surface area contributed by atoms with Crippen molar-refractivity contribution in [3.63, 3.8) is 0 Å². The van der Waals surface area contributed by atoms with Crippen LogP contribution in [0.25, 0.3) is 0 Å². The Hall–Kier alpha value is -2.29. The molecule has 1 saturated heterocycles. The summed E-state index contributed by atoms with van der Waals surface area (Å²) in [6.07, 6.45) is 3.43. The first kappa shape index (κ1) is 14.6. The van der Waals surface area contributed by atoms with E-state index in [2.05, 4.69) is 23.2 Å². The molecule has 0 radical (unpaired) electrons. The van der Waals surface area contributed by atoms with Gasteiger partial charge in [0, 0.05) is 18.7 Å². The lowest BCUT2D eigenvalue weighted by atomic mass is 10.1. The molecule has 2 aromatic carbocycles. The van der Waals surface area contributed by atoms with Gasteiger partial charge in [-0.05, 0) is 49.1 Å². The maximum atomic E-state index is 12.5. The highest BCUT2D eigenvalue weighted by Crippen LogP contribution is 2.28. The summed E-state index contributed by atoms with van der Waals surface area (Å²) < 4.78 is 0. The summed E-state index contributed by atoms with van der Waals surface area (Å²) in [6, 6.07) is 15.9. The second kappa shape index (κ2) is 6.65. The highest BCUT2D eigenvalue weighted by Gasteiger charge is 2.16. The summed E-state index contributed by atoms with van der Waals surface area (Å²) in [5.74, 6) is -0.0469. The van der Waals surface area contributed by atoms with E-state index in [-0.39, 0.29) is 5.91 Å². The SMILES string of the molecule is CCc1ccc(C(=O)Nc2ccccc2N2CCCC2)cc1. The molecular weight excluding hydrogens is 272 g/mol. The molecule has 1 aliphatic heterocycles. The maximum Gasteiger partial charge on any atom is 0.255 e. The zero-order valence-corrected chi connectivity index (χ0v) is 13.0.